The van der Waals surface area contributed by atoms with Crippen molar-refractivity contribution in [3.63, 3.8) is 0 Å². The van der Waals surface area contributed by atoms with Gasteiger partial charge in [0.15, 0.2) is 0 Å². The fourth-order valence-corrected chi connectivity index (χ4v) is 3.08. The third kappa shape index (κ3) is 3.80. The molecule has 1 aromatic carbocycles. The van der Waals surface area contributed by atoms with E-state index >= 15 is 0 Å². The van der Waals surface area contributed by atoms with Gasteiger partial charge in [0.05, 0.1) is 18.8 Å². The minimum Gasteiger partial charge on any atom is -0.494 e. The maximum Gasteiger partial charge on any atom is 0.123 e. The van der Waals surface area contributed by atoms with Gasteiger partial charge < -0.3 is 14.6 Å². The van der Waals surface area contributed by atoms with Crippen molar-refractivity contribution in [1.29, 1.82) is 0 Å². The van der Waals surface area contributed by atoms with Gasteiger partial charge in [0.2, 0.25) is 0 Å². The molecule has 0 saturated carbocycles. The molecule has 0 bridgehead atoms. The normalized spacial score (nSPS) is 22.5. The van der Waals surface area contributed by atoms with E-state index in [9.17, 15) is 5.11 Å². The van der Waals surface area contributed by atoms with E-state index < -0.39 is 6.10 Å². The molecule has 0 aliphatic carbocycles. The zero-order valence-corrected chi connectivity index (χ0v) is 14.4. The molecule has 0 amide bonds. The van der Waals surface area contributed by atoms with E-state index in [0.717, 1.165) is 18.8 Å². The predicted molar refractivity (Wildman–Crippen MR) is 88.5 cm³/mol. The Labute approximate surface area is 134 Å². The molecule has 1 heterocycles. The standard InChI is InChI=1S/C18H29NO3/c1-6-22-17-7-13(4)14(8-15(17)12(2)3)9-19-10-16(20)18(11-19)21-5/h7-8,12,16,18,20H,6,9-11H2,1-5H3/t16-,18-/m0/s1. The van der Waals surface area contributed by atoms with Crippen molar-refractivity contribution < 1.29 is 14.6 Å². The highest BCUT2D eigenvalue weighted by Crippen LogP contribution is 2.31. The Balaban J connectivity index is 2.19. The van der Waals surface area contributed by atoms with Crippen LogP contribution >= 0.6 is 0 Å². The lowest BCUT2D eigenvalue weighted by molar-refractivity contribution is 0.0215. The lowest BCUT2D eigenvalue weighted by Crippen LogP contribution is -2.25. The quantitative estimate of drug-likeness (QED) is 0.877. The van der Waals surface area contributed by atoms with Gasteiger partial charge in [0.1, 0.15) is 5.75 Å². The number of hydrogen-bond acceptors (Lipinski definition) is 4. The zero-order valence-electron chi connectivity index (χ0n) is 14.4. The second-order valence-electron chi connectivity index (χ2n) is 6.44. The van der Waals surface area contributed by atoms with Crippen LogP contribution in [0.15, 0.2) is 12.1 Å². The van der Waals surface area contributed by atoms with Crippen LogP contribution in [0.5, 0.6) is 5.75 Å². The Kier molecular flexibility index (Phi) is 5.84. The molecule has 0 aromatic heterocycles. The molecule has 1 aliphatic rings. The average molecular weight is 307 g/mol. The van der Waals surface area contributed by atoms with Gasteiger partial charge in [-0.2, -0.15) is 0 Å². The number of hydrogen-bond donors (Lipinski definition) is 1. The second kappa shape index (κ2) is 7.44. The highest BCUT2D eigenvalue weighted by molar-refractivity contribution is 5.44. The topological polar surface area (TPSA) is 41.9 Å². The van der Waals surface area contributed by atoms with E-state index in [-0.39, 0.29) is 6.10 Å². The summed E-state index contributed by atoms with van der Waals surface area (Å²) < 4.78 is 11.1. The van der Waals surface area contributed by atoms with Gasteiger partial charge in [-0.25, -0.2) is 0 Å². The summed E-state index contributed by atoms with van der Waals surface area (Å²) in [6.45, 7) is 11.5. The van der Waals surface area contributed by atoms with Crippen molar-refractivity contribution in [2.75, 3.05) is 26.8 Å². The summed E-state index contributed by atoms with van der Waals surface area (Å²) in [5.74, 6) is 1.42. The summed E-state index contributed by atoms with van der Waals surface area (Å²) in [5, 5.41) is 9.98. The zero-order chi connectivity index (χ0) is 16.3. The van der Waals surface area contributed by atoms with Crippen molar-refractivity contribution in [1.82, 2.24) is 4.90 Å². The minimum absolute atomic E-state index is 0.0763. The van der Waals surface area contributed by atoms with Crippen LogP contribution in [-0.4, -0.2) is 49.0 Å². The number of ether oxygens (including phenoxy) is 2. The monoisotopic (exact) mass is 307 g/mol. The van der Waals surface area contributed by atoms with Gasteiger partial charge in [-0.15, -0.1) is 0 Å². The summed E-state index contributed by atoms with van der Waals surface area (Å²) in [4.78, 5) is 2.26. The molecule has 1 saturated heterocycles. The van der Waals surface area contributed by atoms with Crippen molar-refractivity contribution >= 4 is 0 Å². The van der Waals surface area contributed by atoms with E-state index in [1.165, 1.54) is 16.7 Å². The van der Waals surface area contributed by atoms with Crippen LogP contribution in [0.4, 0.5) is 0 Å². The molecule has 1 fully saturated rings. The van der Waals surface area contributed by atoms with Crippen LogP contribution in [0.1, 0.15) is 43.4 Å². The van der Waals surface area contributed by atoms with Gasteiger partial charge in [-0.3, -0.25) is 4.90 Å². The molecule has 0 radical (unpaired) electrons. The first-order valence-corrected chi connectivity index (χ1v) is 8.15. The fourth-order valence-electron chi connectivity index (χ4n) is 3.08. The minimum atomic E-state index is -0.391. The van der Waals surface area contributed by atoms with Crippen molar-refractivity contribution in [2.24, 2.45) is 0 Å². The van der Waals surface area contributed by atoms with Crippen molar-refractivity contribution in [3.05, 3.63) is 28.8 Å². The lowest BCUT2D eigenvalue weighted by Gasteiger charge is -2.21. The number of methoxy groups -OCH3 is 1. The first-order valence-electron chi connectivity index (χ1n) is 8.15. The molecule has 2 rings (SSSR count). The number of likely N-dealkylation sites (tertiary alicyclic amines) is 1. The maximum atomic E-state index is 9.98. The van der Waals surface area contributed by atoms with E-state index in [4.69, 9.17) is 9.47 Å². The van der Waals surface area contributed by atoms with Gasteiger partial charge in [0, 0.05) is 26.7 Å². The molecule has 1 aromatic rings. The first kappa shape index (κ1) is 17.3. The Morgan fingerprint density at radius 3 is 2.59 bits per heavy atom. The lowest BCUT2D eigenvalue weighted by atomic mass is 9.96. The Bertz CT molecular complexity index is 501. The Morgan fingerprint density at radius 1 is 1.32 bits per heavy atom. The van der Waals surface area contributed by atoms with Gasteiger partial charge in [-0.05, 0) is 42.5 Å². The third-order valence-corrected chi connectivity index (χ3v) is 4.40. The van der Waals surface area contributed by atoms with Crippen LogP contribution in [0.3, 0.4) is 0 Å². The van der Waals surface area contributed by atoms with Crippen LogP contribution in [0, 0.1) is 6.92 Å². The molecule has 1 aliphatic heterocycles. The molecule has 22 heavy (non-hydrogen) atoms. The summed E-state index contributed by atoms with van der Waals surface area (Å²) >= 11 is 0. The SMILES string of the molecule is CCOc1cc(C)c(CN2C[C@H](OC)[C@@H](O)C2)cc1C(C)C. The molecule has 0 unspecified atom stereocenters. The van der Waals surface area contributed by atoms with Crippen molar-refractivity contribution in [3.8, 4) is 5.75 Å². The number of nitrogens with zero attached hydrogens (tertiary/aromatic N) is 1. The predicted octanol–water partition coefficient (Wildman–Crippen LogP) is 2.71. The van der Waals surface area contributed by atoms with Gasteiger partial charge in [0.25, 0.3) is 0 Å². The van der Waals surface area contributed by atoms with Crippen LogP contribution in [-0.2, 0) is 11.3 Å². The van der Waals surface area contributed by atoms with E-state index in [1.807, 2.05) is 6.92 Å². The van der Waals surface area contributed by atoms with E-state index in [0.29, 0.717) is 19.1 Å². The average Bonchev–Trinajstić information content (AvgIpc) is 2.81. The second-order valence-corrected chi connectivity index (χ2v) is 6.44. The third-order valence-electron chi connectivity index (χ3n) is 4.40. The fraction of sp³-hybridized carbons (Fsp3) is 0.667. The number of β-amino-alcohol motifs (C(OH)–C–C–N with tert-alkyl or cyclic N) is 1. The summed E-state index contributed by atoms with van der Waals surface area (Å²) in [6.07, 6.45) is -0.467. The highest BCUT2D eigenvalue weighted by Gasteiger charge is 2.31. The molecule has 124 valence electrons. The Morgan fingerprint density at radius 2 is 2.05 bits per heavy atom. The number of aliphatic hydroxyl groups excluding tert-OH is 1. The number of rotatable bonds is 6. The highest BCUT2D eigenvalue weighted by atomic mass is 16.5. The van der Waals surface area contributed by atoms with Gasteiger partial charge in [-0.1, -0.05) is 19.9 Å². The summed E-state index contributed by atoms with van der Waals surface area (Å²) in [5.41, 5.74) is 3.80. The Hall–Kier alpha value is -1.10. The molecule has 2 atom stereocenters. The molecular weight excluding hydrogens is 278 g/mol. The van der Waals surface area contributed by atoms with Crippen LogP contribution in [0.2, 0.25) is 0 Å². The molecule has 1 N–H and O–H groups in total. The number of aryl methyl sites for hydroxylation is 1. The van der Waals surface area contributed by atoms with Crippen LogP contribution < -0.4 is 4.74 Å². The first-order chi connectivity index (χ1) is 10.5. The molecule has 0 spiro atoms. The molecule has 4 nitrogen and oxygen atoms in total. The largest absolute Gasteiger partial charge is 0.494 e. The smallest absolute Gasteiger partial charge is 0.123 e. The molecular formula is C18H29NO3. The van der Waals surface area contributed by atoms with Crippen molar-refractivity contribution in [2.45, 2.75) is 52.4 Å². The van der Waals surface area contributed by atoms with E-state index in [1.54, 1.807) is 7.11 Å². The maximum absolute atomic E-state index is 9.98. The summed E-state index contributed by atoms with van der Waals surface area (Å²) in [7, 11) is 1.66. The van der Waals surface area contributed by atoms with Gasteiger partial charge >= 0.3 is 0 Å². The van der Waals surface area contributed by atoms with E-state index in [2.05, 4.69) is 37.8 Å². The number of aliphatic hydroxyl groups is 1. The number of benzene rings is 1. The van der Waals surface area contributed by atoms with Crippen LogP contribution in [0.25, 0.3) is 0 Å². The summed E-state index contributed by atoms with van der Waals surface area (Å²) in [6, 6.07) is 4.41. The molecule has 4 heteroatoms.